The summed E-state index contributed by atoms with van der Waals surface area (Å²) >= 11 is 6.42. The quantitative estimate of drug-likeness (QED) is 0.221. The van der Waals surface area contributed by atoms with Crippen LogP contribution in [-0.4, -0.2) is 46.7 Å². The number of rotatable bonds is 10. The molecule has 0 aliphatic carbocycles. The molecule has 2 aliphatic rings. The molecule has 0 saturated carbocycles. The maximum Gasteiger partial charge on any atom is 0.326 e. The second kappa shape index (κ2) is 10.9. The van der Waals surface area contributed by atoms with Crippen LogP contribution in [0.5, 0.6) is 0 Å². The molecule has 2 amide bonds. The Morgan fingerprint density at radius 1 is 1.00 bits per heavy atom. The van der Waals surface area contributed by atoms with E-state index in [1.54, 1.807) is 4.90 Å². The first-order valence-corrected chi connectivity index (χ1v) is 12.1. The Morgan fingerprint density at radius 3 is 2.48 bits per heavy atom. The zero-order valence-electron chi connectivity index (χ0n) is 18.0. The zero-order chi connectivity index (χ0) is 22.4. The second-order valence-electron chi connectivity index (χ2n) is 7.57. The highest BCUT2D eigenvalue weighted by atomic mass is 32.2. The van der Waals surface area contributed by atoms with Crippen molar-refractivity contribution in [2.75, 3.05) is 24.6 Å². The average molecular weight is 461 g/mol. The van der Waals surface area contributed by atoms with Crippen molar-refractivity contribution in [1.29, 1.82) is 0 Å². The Morgan fingerprint density at radius 2 is 1.74 bits per heavy atom. The van der Waals surface area contributed by atoms with E-state index in [1.807, 2.05) is 31.2 Å². The van der Waals surface area contributed by atoms with Gasteiger partial charge in [0.15, 0.2) is 0 Å². The SMILES string of the molecule is CCCCCCCN1C(=O)/C(=C2\SC(=S)N(CC(=O)OCCC)C2=O)c2ccccc21. The smallest absolute Gasteiger partial charge is 0.326 e. The number of benzene rings is 1. The number of hydrogen-bond donors (Lipinski definition) is 0. The third-order valence-electron chi connectivity index (χ3n) is 5.24. The molecular weight excluding hydrogens is 432 g/mol. The largest absolute Gasteiger partial charge is 0.464 e. The number of anilines is 1. The van der Waals surface area contributed by atoms with Crippen LogP contribution < -0.4 is 4.90 Å². The maximum absolute atomic E-state index is 13.3. The van der Waals surface area contributed by atoms with Crippen LogP contribution in [-0.2, 0) is 19.1 Å². The van der Waals surface area contributed by atoms with E-state index in [0.717, 1.165) is 42.3 Å². The molecule has 2 heterocycles. The summed E-state index contributed by atoms with van der Waals surface area (Å²) in [6.07, 6.45) is 6.20. The molecule has 0 spiro atoms. The van der Waals surface area contributed by atoms with Crippen LogP contribution in [0.15, 0.2) is 29.2 Å². The van der Waals surface area contributed by atoms with E-state index >= 15 is 0 Å². The van der Waals surface area contributed by atoms with Crippen LogP contribution in [0, 0.1) is 0 Å². The summed E-state index contributed by atoms with van der Waals surface area (Å²) in [5.74, 6) is -1.09. The molecule has 1 saturated heterocycles. The molecule has 1 fully saturated rings. The number of carbonyl (C=O) groups excluding carboxylic acids is 3. The van der Waals surface area contributed by atoms with E-state index in [-0.39, 0.29) is 16.8 Å². The summed E-state index contributed by atoms with van der Waals surface area (Å²) in [4.78, 5) is 41.7. The van der Waals surface area contributed by atoms with Gasteiger partial charge in [0.2, 0.25) is 0 Å². The molecule has 0 unspecified atom stereocenters. The molecule has 8 heteroatoms. The molecule has 0 bridgehead atoms. The predicted molar refractivity (Wildman–Crippen MR) is 128 cm³/mol. The number of amides is 2. The molecule has 0 radical (unpaired) electrons. The molecule has 2 aliphatic heterocycles. The molecule has 6 nitrogen and oxygen atoms in total. The van der Waals surface area contributed by atoms with Gasteiger partial charge in [-0.2, -0.15) is 0 Å². The highest BCUT2D eigenvalue weighted by Gasteiger charge is 2.42. The summed E-state index contributed by atoms with van der Waals surface area (Å²) in [5, 5.41) is 0. The van der Waals surface area contributed by atoms with Gasteiger partial charge in [-0.3, -0.25) is 19.3 Å². The Balaban J connectivity index is 1.82. The van der Waals surface area contributed by atoms with Crippen molar-refractivity contribution in [3.8, 4) is 0 Å². The van der Waals surface area contributed by atoms with Gasteiger partial charge in [-0.1, -0.05) is 81.7 Å². The first-order valence-electron chi connectivity index (χ1n) is 10.8. The number of thiocarbonyl (C=S) groups is 1. The van der Waals surface area contributed by atoms with Crippen LogP contribution in [0.2, 0.25) is 0 Å². The van der Waals surface area contributed by atoms with Crippen molar-refractivity contribution >= 4 is 57.3 Å². The number of para-hydroxylation sites is 1. The number of fused-ring (bicyclic) bond motifs is 1. The van der Waals surface area contributed by atoms with Crippen molar-refractivity contribution in [3.05, 3.63) is 34.7 Å². The second-order valence-corrected chi connectivity index (χ2v) is 9.22. The van der Waals surface area contributed by atoms with Gasteiger partial charge in [-0.25, -0.2) is 0 Å². The van der Waals surface area contributed by atoms with E-state index in [0.29, 0.717) is 30.1 Å². The van der Waals surface area contributed by atoms with Crippen molar-refractivity contribution in [2.24, 2.45) is 0 Å². The summed E-state index contributed by atoms with van der Waals surface area (Å²) < 4.78 is 5.35. The molecule has 31 heavy (non-hydrogen) atoms. The van der Waals surface area contributed by atoms with Crippen molar-refractivity contribution < 1.29 is 19.1 Å². The highest BCUT2D eigenvalue weighted by Crippen LogP contribution is 2.44. The fourth-order valence-electron chi connectivity index (χ4n) is 3.67. The lowest BCUT2D eigenvalue weighted by Crippen LogP contribution is -2.35. The molecule has 0 atom stereocenters. The van der Waals surface area contributed by atoms with Crippen LogP contribution in [0.3, 0.4) is 0 Å². The van der Waals surface area contributed by atoms with E-state index in [1.165, 1.54) is 17.7 Å². The molecule has 1 aromatic carbocycles. The van der Waals surface area contributed by atoms with Crippen LogP contribution in [0.4, 0.5) is 5.69 Å². The third-order valence-corrected chi connectivity index (χ3v) is 6.69. The van der Waals surface area contributed by atoms with Gasteiger partial charge in [-0.15, -0.1) is 0 Å². The first kappa shape index (κ1) is 23.5. The van der Waals surface area contributed by atoms with E-state index in [2.05, 4.69) is 6.92 Å². The lowest BCUT2D eigenvalue weighted by Gasteiger charge is -2.17. The van der Waals surface area contributed by atoms with Crippen LogP contribution in [0.1, 0.15) is 57.9 Å². The topological polar surface area (TPSA) is 66.9 Å². The number of esters is 1. The predicted octanol–water partition coefficient (Wildman–Crippen LogP) is 4.53. The Hall–Kier alpha value is -2.19. The zero-order valence-corrected chi connectivity index (χ0v) is 19.7. The monoisotopic (exact) mass is 460 g/mol. The Bertz CT molecular complexity index is 913. The fourth-order valence-corrected chi connectivity index (χ4v) is 5.00. The number of nitrogens with zero attached hydrogens (tertiary/aromatic N) is 2. The number of hydrogen-bond acceptors (Lipinski definition) is 6. The number of thioether (sulfide) groups is 1. The lowest BCUT2D eigenvalue weighted by molar-refractivity contribution is -0.146. The Labute approximate surface area is 193 Å². The summed E-state index contributed by atoms with van der Waals surface area (Å²) in [6.45, 7) is 4.75. The summed E-state index contributed by atoms with van der Waals surface area (Å²) in [6, 6.07) is 7.53. The normalized spacial score (nSPS) is 18.2. The fraction of sp³-hybridized carbons (Fsp3) is 0.478. The van der Waals surface area contributed by atoms with Crippen molar-refractivity contribution in [1.82, 2.24) is 4.90 Å². The van der Waals surface area contributed by atoms with Gasteiger partial charge in [-0.05, 0) is 18.9 Å². The molecule has 0 N–H and O–H groups in total. The van der Waals surface area contributed by atoms with Crippen LogP contribution in [0.25, 0.3) is 5.57 Å². The molecular formula is C23H28N2O4S2. The maximum atomic E-state index is 13.3. The van der Waals surface area contributed by atoms with Crippen molar-refractivity contribution in [3.63, 3.8) is 0 Å². The Kier molecular flexibility index (Phi) is 8.26. The van der Waals surface area contributed by atoms with Gasteiger partial charge in [0, 0.05) is 12.1 Å². The lowest BCUT2D eigenvalue weighted by atomic mass is 10.1. The van der Waals surface area contributed by atoms with Crippen LogP contribution >= 0.6 is 24.0 Å². The number of unbranched alkanes of at least 4 members (excludes halogenated alkanes) is 4. The minimum absolute atomic E-state index is 0.175. The van der Waals surface area contributed by atoms with E-state index in [9.17, 15) is 14.4 Å². The van der Waals surface area contributed by atoms with Gasteiger partial charge in [0.25, 0.3) is 11.8 Å². The molecule has 166 valence electrons. The van der Waals surface area contributed by atoms with Gasteiger partial charge in [0.05, 0.1) is 22.8 Å². The van der Waals surface area contributed by atoms with Gasteiger partial charge >= 0.3 is 5.97 Å². The minimum atomic E-state index is -0.503. The van der Waals surface area contributed by atoms with Gasteiger partial charge in [0.1, 0.15) is 10.9 Å². The number of ether oxygens (including phenoxy) is 1. The molecule has 1 aromatic rings. The highest BCUT2D eigenvalue weighted by molar-refractivity contribution is 8.26. The average Bonchev–Trinajstić information content (AvgIpc) is 3.19. The van der Waals surface area contributed by atoms with Gasteiger partial charge < -0.3 is 9.64 Å². The summed E-state index contributed by atoms with van der Waals surface area (Å²) in [7, 11) is 0. The molecule has 0 aromatic heterocycles. The minimum Gasteiger partial charge on any atom is -0.464 e. The standard InChI is InChI=1S/C23H28N2O4S2/c1-3-5-6-7-10-13-24-17-12-9-8-11-16(17)19(21(24)27)20-22(28)25(23(30)31-20)15-18(26)29-14-4-2/h8-9,11-12H,3-7,10,13-15H2,1-2H3/b20-19-. The summed E-state index contributed by atoms with van der Waals surface area (Å²) in [5.41, 5.74) is 1.95. The third kappa shape index (κ3) is 5.18. The van der Waals surface area contributed by atoms with Crippen molar-refractivity contribution in [2.45, 2.75) is 52.4 Å². The van der Waals surface area contributed by atoms with E-state index in [4.69, 9.17) is 17.0 Å². The first-order chi connectivity index (χ1) is 15.0. The number of carbonyl (C=O) groups is 3. The molecule has 3 rings (SSSR count). The van der Waals surface area contributed by atoms with E-state index < -0.39 is 11.9 Å².